The average Bonchev–Trinajstić information content (AvgIpc) is 2.99. The van der Waals surface area contributed by atoms with Crippen LogP contribution in [0.25, 0.3) is 0 Å². The number of isocyanates is 1. The van der Waals surface area contributed by atoms with Gasteiger partial charge in [-0.25, -0.2) is 4.79 Å². The number of nitrogens with zero attached hydrogens (tertiary/aromatic N) is 2. The molecular formula is C18H24N2O. The molecule has 1 saturated heterocycles. The van der Waals surface area contributed by atoms with Crippen molar-refractivity contribution >= 4 is 6.08 Å². The predicted octanol–water partition coefficient (Wildman–Crippen LogP) is 3.78. The van der Waals surface area contributed by atoms with Gasteiger partial charge in [-0.1, -0.05) is 43.5 Å². The third-order valence-electron chi connectivity index (χ3n) is 5.05. The van der Waals surface area contributed by atoms with Gasteiger partial charge in [0.1, 0.15) is 0 Å². The number of hydrogen-bond donors (Lipinski definition) is 0. The Bertz CT molecular complexity index is 522. The minimum absolute atomic E-state index is 0.297. The molecule has 21 heavy (non-hydrogen) atoms. The van der Waals surface area contributed by atoms with Gasteiger partial charge in [-0.2, -0.15) is 4.99 Å². The molecule has 1 aliphatic heterocycles. The number of piperidine rings is 1. The van der Waals surface area contributed by atoms with Crippen LogP contribution in [-0.2, 0) is 16.9 Å². The topological polar surface area (TPSA) is 32.7 Å². The number of carbonyl (C=O) groups excluding carboxylic acids is 1. The van der Waals surface area contributed by atoms with E-state index in [1.807, 2.05) is 6.08 Å². The van der Waals surface area contributed by atoms with Crippen LogP contribution in [0, 0.1) is 0 Å². The maximum Gasteiger partial charge on any atom is 0.235 e. The van der Waals surface area contributed by atoms with Crippen molar-refractivity contribution in [1.29, 1.82) is 0 Å². The number of benzene rings is 1. The highest BCUT2D eigenvalue weighted by molar-refractivity contribution is 5.41. The quantitative estimate of drug-likeness (QED) is 0.622. The van der Waals surface area contributed by atoms with Gasteiger partial charge in [-0.3, -0.25) is 4.90 Å². The van der Waals surface area contributed by atoms with Gasteiger partial charge in [0, 0.05) is 6.54 Å². The van der Waals surface area contributed by atoms with Gasteiger partial charge in [0.25, 0.3) is 0 Å². The van der Waals surface area contributed by atoms with E-state index in [1.54, 1.807) is 0 Å². The van der Waals surface area contributed by atoms with Gasteiger partial charge in [0.05, 0.1) is 5.54 Å². The van der Waals surface area contributed by atoms with Crippen molar-refractivity contribution in [2.75, 3.05) is 13.1 Å². The van der Waals surface area contributed by atoms with Crippen molar-refractivity contribution in [2.45, 2.75) is 57.0 Å². The SMILES string of the molecule is O=C=NC1(c2ccccc2CN2CCCCC2)CCCC1. The van der Waals surface area contributed by atoms with Crippen molar-refractivity contribution in [3.63, 3.8) is 0 Å². The minimum Gasteiger partial charge on any atom is -0.299 e. The number of hydrogen-bond acceptors (Lipinski definition) is 3. The lowest BCUT2D eigenvalue weighted by Crippen LogP contribution is -2.31. The first kappa shape index (κ1) is 14.5. The van der Waals surface area contributed by atoms with Crippen molar-refractivity contribution in [1.82, 2.24) is 4.90 Å². The van der Waals surface area contributed by atoms with E-state index in [1.165, 1.54) is 43.5 Å². The molecule has 0 bridgehead atoms. The Labute approximate surface area is 127 Å². The molecule has 0 unspecified atom stereocenters. The zero-order valence-electron chi connectivity index (χ0n) is 12.7. The van der Waals surface area contributed by atoms with E-state index in [0.717, 1.165) is 32.2 Å². The Hall–Kier alpha value is -1.44. The highest BCUT2D eigenvalue weighted by Crippen LogP contribution is 2.43. The van der Waals surface area contributed by atoms with E-state index < -0.39 is 0 Å². The summed E-state index contributed by atoms with van der Waals surface area (Å²) in [7, 11) is 0. The van der Waals surface area contributed by atoms with E-state index in [2.05, 4.69) is 34.2 Å². The van der Waals surface area contributed by atoms with Crippen molar-refractivity contribution in [2.24, 2.45) is 4.99 Å². The lowest BCUT2D eigenvalue weighted by molar-refractivity contribution is 0.219. The molecule has 3 rings (SSSR count). The van der Waals surface area contributed by atoms with Gasteiger partial charge in [0.15, 0.2) is 0 Å². The van der Waals surface area contributed by atoms with Crippen LogP contribution in [-0.4, -0.2) is 24.1 Å². The average molecular weight is 284 g/mol. The number of rotatable bonds is 4. The molecule has 112 valence electrons. The van der Waals surface area contributed by atoms with Crippen LogP contribution in [0.2, 0.25) is 0 Å². The lowest BCUT2D eigenvalue weighted by atomic mass is 9.85. The summed E-state index contributed by atoms with van der Waals surface area (Å²) in [5, 5.41) is 0. The summed E-state index contributed by atoms with van der Waals surface area (Å²) in [6, 6.07) is 8.57. The highest BCUT2D eigenvalue weighted by atomic mass is 16.1. The summed E-state index contributed by atoms with van der Waals surface area (Å²) in [6.45, 7) is 3.38. The zero-order valence-corrected chi connectivity index (χ0v) is 12.7. The molecule has 0 amide bonds. The second-order valence-electron chi connectivity index (χ2n) is 6.44. The monoisotopic (exact) mass is 284 g/mol. The van der Waals surface area contributed by atoms with Crippen molar-refractivity contribution < 1.29 is 4.79 Å². The second kappa shape index (κ2) is 6.55. The van der Waals surface area contributed by atoms with Crippen molar-refractivity contribution in [3.05, 3.63) is 35.4 Å². The minimum atomic E-state index is -0.297. The third-order valence-corrected chi connectivity index (χ3v) is 5.05. The van der Waals surface area contributed by atoms with Gasteiger partial charge < -0.3 is 0 Å². The number of likely N-dealkylation sites (tertiary alicyclic amines) is 1. The van der Waals surface area contributed by atoms with Gasteiger partial charge >= 0.3 is 0 Å². The van der Waals surface area contributed by atoms with Crippen LogP contribution < -0.4 is 0 Å². The fourth-order valence-electron chi connectivity index (χ4n) is 3.96. The van der Waals surface area contributed by atoms with Crippen LogP contribution >= 0.6 is 0 Å². The Morgan fingerprint density at radius 2 is 1.76 bits per heavy atom. The van der Waals surface area contributed by atoms with Gasteiger partial charge in [-0.05, 0) is 49.9 Å². The Morgan fingerprint density at radius 1 is 1.05 bits per heavy atom. The Kier molecular flexibility index (Phi) is 4.52. The van der Waals surface area contributed by atoms with Crippen LogP contribution in [0.5, 0.6) is 0 Å². The summed E-state index contributed by atoms with van der Waals surface area (Å²) in [5.74, 6) is 0. The molecule has 0 N–H and O–H groups in total. The number of aliphatic imine (C=N–C) groups is 1. The van der Waals surface area contributed by atoms with E-state index >= 15 is 0 Å². The zero-order chi connectivity index (χ0) is 14.5. The van der Waals surface area contributed by atoms with E-state index in [9.17, 15) is 4.79 Å². The largest absolute Gasteiger partial charge is 0.299 e. The molecule has 0 radical (unpaired) electrons. The molecule has 3 nitrogen and oxygen atoms in total. The summed E-state index contributed by atoms with van der Waals surface area (Å²) < 4.78 is 0. The molecule has 1 heterocycles. The molecule has 1 saturated carbocycles. The lowest BCUT2D eigenvalue weighted by Gasteiger charge is -2.30. The molecule has 0 aromatic heterocycles. The molecule has 0 spiro atoms. The smallest absolute Gasteiger partial charge is 0.235 e. The molecule has 2 aliphatic rings. The fraction of sp³-hybridized carbons (Fsp3) is 0.611. The van der Waals surface area contributed by atoms with Gasteiger partial charge in [0.2, 0.25) is 6.08 Å². The standard InChI is InChI=1S/C18H24N2O/c21-15-19-18(10-4-5-11-18)17-9-3-2-8-16(17)14-20-12-6-1-7-13-20/h2-3,8-9H,1,4-7,10-14H2. The maximum atomic E-state index is 10.9. The first-order valence-corrected chi connectivity index (χ1v) is 8.24. The van der Waals surface area contributed by atoms with Crippen LogP contribution in [0.3, 0.4) is 0 Å². The Balaban J connectivity index is 1.89. The highest BCUT2D eigenvalue weighted by Gasteiger charge is 2.37. The first-order chi connectivity index (χ1) is 10.3. The molecule has 0 atom stereocenters. The van der Waals surface area contributed by atoms with Crippen molar-refractivity contribution in [3.8, 4) is 0 Å². The summed E-state index contributed by atoms with van der Waals surface area (Å²) in [4.78, 5) is 17.7. The van der Waals surface area contributed by atoms with Gasteiger partial charge in [-0.15, -0.1) is 0 Å². The summed E-state index contributed by atoms with van der Waals surface area (Å²) in [5.41, 5.74) is 2.31. The Morgan fingerprint density at radius 3 is 2.48 bits per heavy atom. The molecule has 1 aliphatic carbocycles. The van der Waals surface area contributed by atoms with Crippen LogP contribution in [0.4, 0.5) is 0 Å². The van der Waals surface area contributed by atoms with Crippen LogP contribution in [0.1, 0.15) is 56.1 Å². The summed E-state index contributed by atoms with van der Waals surface area (Å²) in [6.07, 6.45) is 10.1. The molecule has 1 aromatic carbocycles. The summed E-state index contributed by atoms with van der Waals surface area (Å²) >= 11 is 0. The van der Waals surface area contributed by atoms with E-state index in [-0.39, 0.29) is 5.54 Å². The second-order valence-corrected chi connectivity index (χ2v) is 6.44. The maximum absolute atomic E-state index is 10.9. The molecule has 3 heteroatoms. The molecule has 1 aromatic rings. The van der Waals surface area contributed by atoms with Crippen LogP contribution in [0.15, 0.2) is 29.3 Å². The first-order valence-electron chi connectivity index (χ1n) is 8.24. The molecule has 2 fully saturated rings. The van der Waals surface area contributed by atoms with E-state index in [4.69, 9.17) is 0 Å². The predicted molar refractivity (Wildman–Crippen MR) is 83.8 cm³/mol. The fourth-order valence-corrected chi connectivity index (χ4v) is 3.96. The van der Waals surface area contributed by atoms with E-state index in [0.29, 0.717) is 0 Å². The third kappa shape index (κ3) is 3.09. The normalized spacial score (nSPS) is 21.9. The molecular weight excluding hydrogens is 260 g/mol.